The molecule has 0 saturated carbocycles. The third-order valence-corrected chi connectivity index (χ3v) is 6.36. The van der Waals surface area contributed by atoms with Crippen LogP contribution in [-0.4, -0.2) is 61.3 Å². The smallest absolute Gasteiger partial charge is 0.274 e. The number of morpholine rings is 1. The third kappa shape index (κ3) is 4.77. The van der Waals surface area contributed by atoms with E-state index in [4.69, 9.17) is 10.5 Å². The Balaban J connectivity index is 1.38. The molecule has 172 valence electrons. The summed E-state index contributed by atoms with van der Waals surface area (Å²) in [7, 11) is 0. The maximum absolute atomic E-state index is 13.1. The van der Waals surface area contributed by atoms with Crippen LogP contribution in [0, 0.1) is 5.92 Å². The van der Waals surface area contributed by atoms with E-state index >= 15 is 0 Å². The number of fused-ring (bicyclic) bond motifs is 1. The fourth-order valence-corrected chi connectivity index (χ4v) is 4.79. The summed E-state index contributed by atoms with van der Waals surface area (Å²) < 4.78 is 5.46. The van der Waals surface area contributed by atoms with E-state index in [2.05, 4.69) is 44.1 Å². The molecular formula is C25H30N6O2. The SMILES string of the molecule is C[C@@H]1C[C@H](N)CN(c2ccncc2NC(=O)c2ccc3ccc(N4CCOCC4)cc3n2)C1. The van der Waals surface area contributed by atoms with E-state index < -0.39 is 0 Å². The van der Waals surface area contributed by atoms with Crippen LogP contribution in [-0.2, 0) is 4.74 Å². The summed E-state index contributed by atoms with van der Waals surface area (Å²) in [5.41, 5.74) is 10.1. The van der Waals surface area contributed by atoms with Crippen LogP contribution in [0.25, 0.3) is 10.9 Å². The second-order valence-electron chi connectivity index (χ2n) is 9.03. The first-order valence-corrected chi connectivity index (χ1v) is 11.6. The van der Waals surface area contributed by atoms with Gasteiger partial charge in [-0.15, -0.1) is 0 Å². The van der Waals surface area contributed by atoms with E-state index in [1.165, 1.54) is 0 Å². The van der Waals surface area contributed by atoms with Gasteiger partial charge in [-0.3, -0.25) is 9.78 Å². The van der Waals surface area contributed by atoms with E-state index in [1.807, 2.05) is 18.2 Å². The zero-order chi connectivity index (χ0) is 22.8. The lowest BCUT2D eigenvalue weighted by Crippen LogP contribution is -2.46. The zero-order valence-corrected chi connectivity index (χ0v) is 18.9. The van der Waals surface area contributed by atoms with Gasteiger partial charge in [0.05, 0.1) is 36.3 Å². The summed E-state index contributed by atoms with van der Waals surface area (Å²) in [5, 5.41) is 4.02. The van der Waals surface area contributed by atoms with Crippen LogP contribution < -0.4 is 20.9 Å². The zero-order valence-electron chi connectivity index (χ0n) is 18.9. The topological polar surface area (TPSA) is 96.6 Å². The summed E-state index contributed by atoms with van der Waals surface area (Å²) in [6.45, 7) is 7.02. The molecule has 0 radical (unpaired) electrons. The minimum atomic E-state index is -0.253. The van der Waals surface area contributed by atoms with Crippen LogP contribution in [0.15, 0.2) is 48.8 Å². The van der Waals surface area contributed by atoms with Gasteiger partial charge in [0.25, 0.3) is 5.91 Å². The number of carbonyl (C=O) groups excluding carboxylic acids is 1. The first kappa shape index (κ1) is 21.6. The Bertz CT molecular complexity index is 1140. The molecule has 2 aromatic heterocycles. The van der Waals surface area contributed by atoms with E-state index in [-0.39, 0.29) is 11.9 Å². The van der Waals surface area contributed by atoms with Crippen molar-refractivity contribution in [2.75, 3.05) is 54.5 Å². The summed E-state index contributed by atoms with van der Waals surface area (Å²) in [6.07, 6.45) is 4.45. The molecule has 1 amide bonds. The highest BCUT2D eigenvalue weighted by molar-refractivity contribution is 6.05. The fourth-order valence-electron chi connectivity index (χ4n) is 4.79. The molecule has 4 heterocycles. The lowest BCUT2D eigenvalue weighted by atomic mass is 9.96. The second kappa shape index (κ2) is 9.33. The average molecular weight is 447 g/mol. The number of nitrogens with zero attached hydrogens (tertiary/aromatic N) is 4. The largest absolute Gasteiger partial charge is 0.378 e. The van der Waals surface area contributed by atoms with Crippen molar-refractivity contribution in [3.63, 3.8) is 0 Å². The molecule has 0 bridgehead atoms. The van der Waals surface area contributed by atoms with Crippen LogP contribution in [0.1, 0.15) is 23.8 Å². The molecular weight excluding hydrogens is 416 g/mol. The molecule has 0 aliphatic carbocycles. The highest BCUT2D eigenvalue weighted by Gasteiger charge is 2.24. The maximum atomic E-state index is 13.1. The molecule has 0 unspecified atom stereocenters. The van der Waals surface area contributed by atoms with Crippen molar-refractivity contribution < 1.29 is 9.53 Å². The van der Waals surface area contributed by atoms with Crippen LogP contribution in [0.4, 0.5) is 17.1 Å². The monoisotopic (exact) mass is 446 g/mol. The highest BCUT2D eigenvalue weighted by atomic mass is 16.5. The minimum absolute atomic E-state index is 0.119. The van der Waals surface area contributed by atoms with Crippen LogP contribution >= 0.6 is 0 Å². The number of nitrogens with two attached hydrogens (primary N) is 1. The van der Waals surface area contributed by atoms with Crippen LogP contribution in [0.5, 0.6) is 0 Å². The van der Waals surface area contributed by atoms with Gasteiger partial charge >= 0.3 is 0 Å². The van der Waals surface area contributed by atoms with E-state index in [1.54, 1.807) is 18.5 Å². The quantitative estimate of drug-likeness (QED) is 0.636. The first-order chi connectivity index (χ1) is 16.1. The number of rotatable bonds is 4. The van der Waals surface area contributed by atoms with Gasteiger partial charge in [-0.25, -0.2) is 4.98 Å². The Kier molecular flexibility index (Phi) is 6.11. The Morgan fingerprint density at radius 1 is 1.12 bits per heavy atom. The molecule has 3 aromatic rings. The lowest BCUT2D eigenvalue weighted by molar-refractivity contribution is 0.102. The predicted octanol–water partition coefficient (Wildman–Crippen LogP) is 2.89. The van der Waals surface area contributed by atoms with Gasteiger partial charge in [0, 0.05) is 49.5 Å². The molecule has 5 rings (SSSR count). The second-order valence-corrected chi connectivity index (χ2v) is 9.03. The summed E-state index contributed by atoms with van der Waals surface area (Å²) in [5.74, 6) is 0.241. The average Bonchev–Trinajstić information content (AvgIpc) is 2.83. The predicted molar refractivity (Wildman–Crippen MR) is 131 cm³/mol. The number of nitrogens with one attached hydrogen (secondary N) is 1. The summed E-state index contributed by atoms with van der Waals surface area (Å²) in [4.78, 5) is 26.6. The number of carbonyl (C=O) groups is 1. The molecule has 2 saturated heterocycles. The van der Waals surface area contributed by atoms with E-state index in [0.717, 1.165) is 68.1 Å². The molecule has 0 spiro atoms. The Morgan fingerprint density at radius 3 is 2.76 bits per heavy atom. The van der Waals surface area contributed by atoms with Crippen molar-refractivity contribution in [1.29, 1.82) is 0 Å². The molecule has 8 heteroatoms. The lowest BCUT2D eigenvalue weighted by Gasteiger charge is -2.37. The molecule has 33 heavy (non-hydrogen) atoms. The van der Waals surface area contributed by atoms with Gasteiger partial charge in [-0.1, -0.05) is 19.1 Å². The molecule has 3 N–H and O–H groups in total. The number of amides is 1. The molecule has 2 fully saturated rings. The highest BCUT2D eigenvalue weighted by Crippen LogP contribution is 2.29. The standard InChI is InChI=1S/C25H30N6O2/c1-17-12-19(26)16-31(15-17)24-6-7-27-14-23(24)29-25(32)21-5-3-18-2-4-20(13-22(18)28-21)30-8-10-33-11-9-30/h2-7,13-14,17,19H,8-12,15-16,26H2,1H3,(H,29,32)/t17-,19+/m1/s1. The number of anilines is 3. The number of ether oxygens (including phenoxy) is 1. The van der Waals surface area contributed by atoms with Gasteiger partial charge in [0.1, 0.15) is 5.69 Å². The van der Waals surface area contributed by atoms with E-state index in [9.17, 15) is 4.79 Å². The molecule has 2 atom stereocenters. The van der Waals surface area contributed by atoms with Crippen molar-refractivity contribution in [2.45, 2.75) is 19.4 Å². The van der Waals surface area contributed by atoms with Gasteiger partial charge in [-0.2, -0.15) is 0 Å². The van der Waals surface area contributed by atoms with Crippen molar-refractivity contribution in [1.82, 2.24) is 9.97 Å². The third-order valence-electron chi connectivity index (χ3n) is 6.36. The van der Waals surface area contributed by atoms with Gasteiger partial charge in [0.2, 0.25) is 0 Å². The molecule has 1 aromatic carbocycles. The normalized spacial score (nSPS) is 21.3. The minimum Gasteiger partial charge on any atom is -0.378 e. The van der Waals surface area contributed by atoms with Gasteiger partial charge in [-0.05, 0) is 36.6 Å². The number of hydrogen-bond acceptors (Lipinski definition) is 7. The Labute approximate surface area is 193 Å². The van der Waals surface area contributed by atoms with E-state index in [0.29, 0.717) is 17.3 Å². The fraction of sp³-hybridized carbons (Fsp3) is 0.400. The number of hydrogen-bond donors (Lipinski definition) is 2. The van der Waals surface area contributed by atoms with Crippen molar-refractivity contribution in [2.24, 2.45) is 11.7 Å². The number of pyridine rings is 2. The molecule has 8 nitrogen and oxygen atoms in total. The van der Waals surface area contributed by atoms with Gasteiger partial charge in [0.15, 0.2) is 0 Å². The van der Waals surface area contributed by atoms with Crippen molar-refractivity contribution in [3.8, 4) is 0 Å². The Hall–Kier alpha value is -3.23. The molecule has 2 aliphatic heterocycles. The number of piperidine rings is 1. The molecule has 2 aliphatic rings. The summed E-state index contributed by atoms with van der Waals surface area (Å²) in [6, 6.07) is 12.0. The first-order valence-electron chi connectivity index (χ1n) is 11.6. The number of aromatic nitrogens is 2. The maximum Gasteiger partial charge on any atom is 0.274 e. The van der Waals surface area contributed by atoms with Crippen LogP contribution in [0.2, 0.25) is 0 Å². The van der Waals surface area contributed by atoms with Crippen molar-refractivity contribution in [3.05, 3.63) is 54.5 Å². The Morgan fingerprint density at radius 2 is 1.94 bits per heavy atom. The van der Waals surface area contributed by atoms with Gasteiger partial charge < -0.3 is 25.6 Å². The summed E-state index contributed by atoms with van der Waals surface area (Å²) >= 11 is 0. The van der Waals surface area contributed by atoms with Crippen molar-refractivity contribution >= 4 is 33.9 Å². The number of benzene rings is 1. The van der Waals surface area contributed by atoms with Crippen LogP contribution in [0.3, 0.4) is 0 Å².